The molecule has 0 spiro atoms. The first kappa shape index (κ1) is 16.7. The number of nitrogens with zero attached hydrogens (tertiary/aromatic N) is 6. The number of benzene rings is 1. The Kier molecular flexibility index (Phi) is 4.05. The number of pyridine rings is 1. The molecule has 4 aromatic rings. The molecule has 1 aromatic carbocycles. The van der Waals surface area contributed by atoms with E-state index in [0.29, 0.717) is 10.5 Å². The lowest BCUT2D eigenvalue weighted by Crippen LogP contribution is -2.11. The van der Waals surface area contributed by atoms with Gasteiger partial charge in [0.1, 0.15) is 10.1 Å². The second-order valence-corrected chi connectivity index (χ2v) is 6.41. The van der Waals surface area contributed by atoms with Gasteiger partial charge in [-0.05, 0) is 30.0 Å². The lowest BCUT2D eigenvalue weighted by molar-refractivity contribution is -0.383. The minimum atomic E-state index is -0.710. The molecule has 0 atom stereocenters. The zero-order valence-corrected chi connectivity index (χ0v) is 14.5. The Bertz CT molecular complexity index is 1140. The fraction of sp³-hybridized carbons (Fsp3) is 0. The van der Waals surface area contributed by atoms with Crippen molar-refractivity contribution in [2.75, 3.05) is 11.5 Å². The number of anilines is 2. The van der Waals surface area contributed by atoms with Crippen LogP contribution in [0.4, 0.5) is 17.3 Å². The van der Waals surface area contributed by atoms with E-state index in [4.69, 9.17) is 11.5 Å². The van der Waals surface area contributed by atoms with Crippen molar-refractivity contribution >= 4 is 40.0 Å². The van der Waals surface area contributed by atoms with Crippen molar-refractivity contribution in [3.05, 3.63) is 58.8 Å². The maximum atomic E-state index is 11.0. The highest BCUT2D eigenvalue weighted by Gasteiger charge is 2.23. The number of fused-ring (bicyclic) bond motifs is 1. The maximum absolute atomic E-state index is 11.0. The first-order valence-electron chi connectivity index (χ1n) is 7.69. The van der Waals surface area contributed by atoms with E-state index < -0.39 is 10.6 Å². The zero-order chi connectivity index (χ0) is 19.0. The van der Waals surface area contributed by atoms with Gasteiger partial charge in [-0.15, -0.1) is 0 Å². The molecule has 0 saturated carbocycles. The van der Waals surface area contributed by atoms with Crippen LogP contribution in [0.2, 0.25) is 0 Å². The van der Waals surface area contributed by atoms with Gasteiger partial charge in [-0.3, -0.25) is 10.1 Å². The average molecular weight is 380 g/mol. The third kappa shape index (κ3) is 3.00. The molecule has 11 heteroatoms. The summed E-state index contributed by atoms with van der Waals surface area (Å²) in [5.41, 5.74) is 11.6. The van der Waals surface area contributed by atoms with Crippen molar-refractivity contribution in [3.63, 3.8) is 0 Å². The van der Waals surface area contributed by atoms with Gasteiger partial charge in [-0.2, -0.15) is 19.7 Å². The van der Waals surface area contributed by atoms with E-state index >= 15 is 0 Å². The molecule has 4 rings (SSSR count). The highest BCUT2D eigenvalue weighted by Crippen LogP contribution is 2.33. The smallest absolute Gasteiger partial charge is 0.352 e. The third-order valence-electron chi connectivity index (χ3n) is 3.69. The summed E-state index contributed by atoms with van der Waals surface area (Å²) in [6, 6.07) is 13.1. The number of nitrogens with two attached hydrogens (primary N) is 2. The Morgan fingerprint density at radius 1 is 1.04 bits per heavy atom. The summed E-state index contributed by atoms with van der Waals surface area (Å²) < 4.78 is 1.46. The quantitative estimate of drug-likeness (QED) is 0.401. The molecule has 3 aromatic heterocycles. The van der Waals surface area contributed by atoms with Gasteiger partial charge >= 0.3 is 5.69 Å². The Labute approximate surface area is 156 Å². The van der Waals surface area contributed by atoms with Crippen LogP contribution in [-0.4, -0.2) is 29.7 Å². The van der Waals surface area contributed by atoms with Crippen LogP contribution in [0.25, 0.3) is 16.9 Å². The molecule has 0 fully saturated rings. The predicted molar refractivity (Wildman–Crippen MR) is 100 cm³/mol. The highest BCUT2D eigenvalue weighted by atomic mass is 32.2. The van der Waals surface area contributed by atoms with E-state index in [2.05, 4.69) is 20.1 Å². The fourth-order valence-electron chi connectivity index (χ4n) is 2.53. The molecule has 0 saturated heterocycles. The number of nitro groups is 1. The van der Waals surface area contributed by atoms with Crippen LogP contribution in [0.15, 0.2) is 58.7 Å². The van der Waals surface area contributed by atoms with E-state index in [1.165, 1.54) is 16.4 Å². The minimum Gasteiger partial charge on any atom is -0.378 e. The number of para-hydroxylation sites is 1. The summed E-state index contributed by atoms with van der Waals surface area (Å²) in [5.74, 6) is -0.582. The van der Waals surface area contributed by atoms with Crippen LogP contribution in [0.1, 0.15) is 0 Å². The second kappa shape index (κ2) is 6.53. The first-order chi connectivity index (χ1) is 13.0. The second-order valence-electron chi connectivity index (χ2n) is 5.40. The van der Waals surface area contributed by atoms with Gasteiger partial charge < -0.3 is 11.5 Å². The normalized spacial score (nSPS) is 11.0. The minimum absolute atomic E-state index is 0.0553. The Hall–Kier alpha value is -3.73. The van der Waals surface area contributed by atoms with Crippen molar-refractivity contribution in [1.29, 1.82) is 0 Å². The number of rotatable bonds is 4. The molecular formula is C16H12N8O2S. The molecule has 4 N–H and O–H groups in total. The number of aromatic nitrogens is 5. The van der Waals surface area contributed by atoms with Crippen molar-refractivity contribution < 1.29 is 4.92 Å². The van der Waals surface area contributed by atoms with Crippen LogP contribution < -0.4 is 11.5 Å². The standard InChI is InChI=1S/C16H12N8O2S/c17-13-12(24(25)26)14(18)21-16(20-13)23-10-6-2-1-5-9(10)15(22-23)27-11-7-3-4-8-19-11/h1-8H,(H4,17,18,20,21). The summed E-state index contributed by atoms with van der Waals surface area (Å²) in [6.45, 7) is 0. The number of hydrogen-bond acceptors (Lipinski definition) is 9. The van der Waals surface area contributed by atoms with Gasteiger partial charge in [0, 0.05) is 11.6 Å². The molecule has 0 aliphatic carbocycles. The summed E-state index contributed by atoms with van der Waals surface area (Å²) in [7, 11) is 0. The molecule has 27 heavy (non-hydrogen) atoms. The monoisotopic (exact) mass is 380 g/mol. The zero-order valence-electron chi connectivity index (χ0n) is 13.7. The van der Waals surface area contributed by atoms with E-state index in [0.717, 1.165) is 10.4 Å². The molecule has 0 radical (unpaired) electrons. The van der Waals surface area contributed by atoms with Gasteiger partial charge in [0.2, 0.25) is 11.6 Å². The van der Waals surface area contributed by atoms with Gasteiger partial charge in [0.25, 0.3) is 5.95 Å². The van der Waals surface area contributed by atoms with Crippen LogP contribution in [0.3, 0.4) is 0 Å². The van der Waals surface area contributed by atoms with E-state index in [-0.39, 0.29) is 17.6 Å². The van der Waals surface area contributed by atoms with Gasteiger partial charge in [0.05, 0.1) is 10.4 Å². The van der Waals surface area contributed by atoms with Crippen molar-refractivity contribution in [2.45, 2.75) is 10.1 Å². The van der Waals surface area contributed by atoms with Crippen LogP contribution in [-0.2, 0) is 0 Å². The molecule has 0 unspecified atom stereocenters. The fourth-order valence-corrected chi connectivity index (χ4v) is 3.39. The lowest BCUT2D eigenvalue weighted by Gasteiger charge is -2.05. The maximum Gasteiger partial charge on any atom is 0.352 e. The summed E-state index contributed by atoms with van der Waals surface area (Å²) >= 11 is 1.38. The SMILES string of the molecule is Nc1nc(-n2nc(Sc3ccccn3)c3ccccc32)nc(N)c1[N+](=O)[O-]. The van der Waals surface area contributed by atoms with Crippen molar-refractivity contribution in [1.82, 2.24) is 24.7 Å². The summed E-state index contributed by atoms with van der Waals surface area (Å²) in [6.07, 6.45) is 1.70. The molecule has 0 bridgehead atoms. The predicted octanol–water partition coefficient (Wildman–Crippen LogP) is 2.43. The van der Waals surface area contributed by atoms with Gasteiger partial charge in [0.15, 0.2) is 0 Å². The van der Waals surface area contributed by atoms with Gasteiger partial charge in [-0.1, -0.05) is 24.3 Å². The summed E-state index contributed by atoms with van der Waals surface area (Å²) in [4.78, 5) is 22.7. The Morgan fingerprint density at radius 3 is 2.41 bits per heavy atom. The summed E-state index contributed by atoms with van der Waals surface area (Å²) in [5, 5.41) is 17.9. The Morgan fingerprint density at radius 2 is 1.74 bits per heavy atom. The Balaban J connectivity index is 1.87. The largest absolute Gasteiger partial charge is 0.378 e. The lowest BCUT2D eigenvalue weighted by atomic mass is 10.2. The van der Waals surface area contributed by atoms with Gasteiger partial charge in [-0.25, -0.2) is 4.98 Å². The molecular weight excluding hydrogens is 368 g/mol. The molecule has 0 amide bonds. The van der Waals surface area contributed by atoms with E-state index in [1.54, 1.807) is 6.20 Å². The van der Waals surface area contributed by atoms with Crippen molar-refractivity contribution in [3.8, 4) is 5.95 Å². The van der Waals surface area contributed by atoms with Crippen molar-refractivity contribution in [2.24, 2.45) is 0 Å². The molecule has 0 aliphatic heterocycles. The third-order valence-corrected chi connectivity index (χ3v) is 4.64. The topological polar surface area (TPSA) is 152 Å². The average Bonchev–Trinajstić information content (AvgIpc) is 3.00. The highest BCUT2D eigenvalue weighted by molar-refractivity contribution is 7.99. The first-order valence-corrected chi connectivity index (χ1v) is 8.50. The van der Waals surface area contributed by atoms with Crippen LogP contribution in [0, 0.1) is 10.1 Å². The van der Waals surface area contributed by atoms with Crippen LogP contribution >= 0.6 is 11.8 Å². The van der Waals surface area contributed by atoms with E-state index in [1.807, 2.05) is 42.5 Å². The number of nitrogen functional groups attached to an aromatic ring is 2. The molecule has 134 valence electrons. The molecule has 3 heterocycles. The number of hydrogen-bond donors (Lipinski definition) is 2. The van der Waals surface area contributed by atoms with Crippen LogP contribution in [0.5, 0.6) is 0 Å². The molecule has 0 aliphatic rings. The molecule has 10 nitrogen and oxygen atoms in total. The van der Waals surface area contributed by atoms with E-state index in [9.17, 15) is 10.1 Å².